The van der Waals surface area contributed by atoms with Crippen LogP contribution in [0.25, 0.3) is 38.9 Å². The van der Waals surface area contributed by atoms with Crippen molar-refractivity contribution in [3.8, 4) is 17.1 Å². The molecular weight excluding hydrogens is 480 g/mol. The van der Waals surface area contributed by atoms with Gasteiger partial charge in [-0.15, -0.1) is 10.2 Å². The number of benzene rings is 3. The van der Waals surface area contributed by atoms with Crippen molar-refractivity contribution in [2.24, 2.45) is 0 Å². The number of para-hydroxylation sites is 1. The third-order valence-electron chi connectivity index (χ3n) is 5.78. The zero-order valence-electron chi connectivity index (χ0n) is 18.6. The van der Waals surface area contributed by atoms with E-state index in [1.165, 1.54) is 11.8 Å². The van der Waals surface area contributed by atoms with Crippen LogP contribution in [0.5, 0.6) is 0 Å². The number of hydrogen-bond acceptors (Lipinski definition) is 5. The van der Waals surface area contributed by atoms with Crippen LogP contribution in [0.2, 0.25) is 5.02 Å². The lowest BCUT2D eigenvalue weighted by molar-refractivity contribution is 0.882. The van der Waals surface area contributed by atoms with E-state index in [9.17, 15) is 4.79 Å². The molecular formula is C26H19ClN6OS. The van der Waals surface area contributed by atoms with E-state index in [2.05, 4.69) is 50.3 Å². The zero-order chi connectivity index (χ0) is 23.9. The maximum Gasteiger partial charge on any atom is 0.258 e. The highest BCUT2D eigenvalue weighted by molar-refractivity contribution is 7.98. The summed E-state index contributed by atoms with van der Waals surface area (Å²) in [5.41, 5.74) is 4.47. The molecule has 0 aliphatic carbocycles. The quantitative estimate of drug-likeness (QED) is 0.288. The monoisotopic (exact) mass is 498 g/mol. The second-order valence-corrected chi connectivity index (χ2v) is 9.57. The van der Waals surface area contributed by atoms with Crippen LogP contribution in [0.3, 0.4) is 0 Å². The molecule has 0 saturated heterocycles. The first-order valence-electron chi connectivity index (χ1n) is 11.0. The third kappa shape index (κ3) is 4.00. The number of hydrogen-bond donors (Lipinski definition) is 2. The molecule has 9 heteroatoms. The Labute approximate surface area is 209 Å². The number of aromatic amines is 2. The first-order chi connectivity index (χ1) is 17.1. The van der Waals surface area contributed by atoms with Crippen molar-refractivity contribution < 1.29 is 0 Å². The van der Waals surface area contributed by atoms with Gasteiger partial charge in [-0.2, -0.15) is 0 Å². The molecule has 6 rings (SSSR count). The standard InChI is InChI=1S/C26H19ClN6OS/c1-15-5-4-6-17(11-15)33-24(20-13-28-21-8-3-2-7-18(20)21)31-32-26(33)35-14-23-29-22-12-16(27)9-10-19(22)25(34)30-23/h2-13,28H,14H2,1H3,(H,29,30,34). The minimum atomic E-state index is -0.193. The lowest BCUT2D eigenvalue weighted by Crippen LogP contribution is -2.11. The number of aromatic nitrogens is 6. The van der Waals surface area contributed by atoms with E-state index >= 15 is 0 Å². The second-order valence-electron chi connectivity index (χ2n) is 8.19. The van der Waals surface area contributed by atoms with E-state index in [4.69, 9.17) is 11.6 Å². The predicted octanol–water partition coefficient (Wildman–Crippen LogP) is 5.91. The molecule has 0 atom stereocenters. The largest absolute Gasteiger partial charge is 0.360 e. The van der Waals surface area contributed by atoms with Crippen LogP contribution in [0.4, 0.5) is 0 Å². The summed E-state index contributed by atoms with van der Waals surface area (Å²) in [5, 5.41) is 11.9. The maximum absolute atomic E-state index is 12.5. The van der Waals surface area contributed by atoms with Gasteiger partial charge in [0.25, 0.3) is 5.56 Å². The zero-order valence-corrected chi connectivity index (χ0v) is 20.2. The minimum Gasteiger partial charge on any atom is -0.360 e. The van der Waals surface area contributed by atoms with Crippen LogP contribution in [0.15, 0.2) is 82.9 Å². The predicted molar refractivity (Wildman–Crippen MR) is 140 cm³/mol. The summed E-state index contributed by atoms with van der Waals surface area (Å²) in [4.78, 5) is 23.3. The maximum atomic E-state index is 12.5. The summed E-state index contributed by atoms with van der Waals surface area (Å²) in [6.45, 7) is 2.06. The van der Waals surface area contributed by atoms with Crippen molar-refractivity contribution in [3.63, 3.8) is 0 Å². The first-order valence-corrected chi connectivity index (χ1v) is 12.3. The Morgan fingerprint density at radius 2 is 1.89 bits per heavy atom. The Morgan fingerprint density at radius 3 is 2.77 bits per heavy atom. The number of nitrogens with zero attached hydrogens (tertiary/aromatic N) is 4. The fourth-order valence-corrected chi connectivity index (χ4v) is 5.14. The molecule has 0 spiro atoms. The summed E-state index contributed by atoms with van der Waals surface area (Å²) in [5.74, 6) is 1.69. The van der Waals surface area contributed by atoms with Crippen LogP contribution in [0, 0.1) is 6.92 Å². The van der Waals surface area contributed by atoms with Gasteiger partial charge >= 0.3 is 0 Å². The summed E-state index contributed by atoms with van der Waals surface area (Å²) >= 11 is 7.57. The van der Waals surface area contributed by atoms with Gasteiger partial charge in [0.05, 0.1) is 16.7 Å². The van der Waals surface area contributed by atoms with E-state index in [0.29, 0.717) is 32.7 Å². The van der Waals surface area contributed by atoms with Crippen molar-refractivity contribution in [2.45, 2.75) is 17.8 Å². The van der Waals surface area contributed by atoms with Gasteiger partial charge in [0.1, 0.15) is 5.82 Å². The molecule has 0 radical (unpaired) electrons. The van der Waals surface area contributed by atoms with Gasteiger partial charge in [-0.1, -0.05) is 53.7 Å². The van der Waals surface area contributed by atoms with E-state index < -0.39 is 0 Å². The van der Waals surface area contributed by atoms with Gasteiger partial charge in [0.2, 0.25) is 0 Å². The highest BCUT2D eigenvalue weighted by Gasteiger charge is 2.19. The molecule has 0 bridgehead atoms. The topological polar surface area (TPSA) is 92.2 Å². The van der Waals surface area contributed by atoms with Gasteiger partial charge in [-0.05, 0) is 48.9 Å². The number of aryl methyl sites for hydroxylation is 1. The molecule has 3 heterocycles. The molecule has 0 aliphatic rings. The molecule has 6 aromatic rings. The van der Waals surface area contributed by atoms with E-state index in [1.807, 2.05) is 41.1 Å². The minimum absolute atomic E-state index is 0.193. The highest BCUT2D eigenvalue weighted by Crippen LogP contribution is 2.33. The molecule has 0 aliphatic heterocycles. The van der Waals surface area contributed by atoms with Gasteiger partial charge in [-0.25, -0.2) is 4.98 Å². The highest BCUT2D eigenvalue weighted by atomic mass is 35.5. The Bertz CT molecular complexity index is 1770. The smallest absolute Gasteiger partial charge is 0.258 e. The van der Waals surface area contributed by atoms with E-state index in [0.717, 1.165) is 33.5 Å². The van der Waals surface area contributed by atoms with E-state index in [1.54, 1.807) is 18.2 Å². The summed E-state index contributed by atoms with van der Waals surface area (Å²) in [6.07, 6.45) is 1.96. The van der Waals surface area contributed by atoms with Crippen molar-refractivity contribution in [2.75, 3.05) is 0 Å². The van der Waals surface area contributed by atoms with Gasteiger partial charge < -0.3 is 9.97 Å². The Morgan fingerprint density at radius 1 is 1.00 bits per heavy atom. The van der Waals surface area contributed by atoms with Crippen LogP contribution in [0.1, 0.15) is 11.4 Å². The van der Waals surface area contributed by atoms with Crippen molar-refractivity contribution in [1.82, 2.24) is 29.7 Å². The van der Waals surface area contributed by atoms with Gasteiger partial charge in [-0.3, -0.25) is 9.36 Å². The lowest BCUT2D eigenvalue weighted by Gasteiger charge is -2.11. The third-order valence-corrected chi connectivity index (χ3v) is 6.95. The van der Waals surface area contributed by atoms with Crippen LogP contribution in [-0.2, 0) is 5.75 Å². The SMILES string of the molecule is Cc1cccc(-n2c(SCc3nc4cc(Cl)ccc4c(=O)[nH]3)nnc2-c2c[nH]c3ccccc23)c1. The molecule has 172 valence electrons. The fourth-order valence-electron chi connectivity index (χ4n) is 4.16. The van der Waals surface area contributed by atoms with Gasteiger partial charge in [0, 0.05) is 33.4 Å². The Balaban J connectivity index is 1.43. The van der Waals surface area contributed by atoms with Crippen molar-refractivity contribution in [3.05, 3.63) is 99.7 Å². The molecule has 0 unspecified atom stereocenters. The molecule has 3 aromatic heterocycles. The van der Waals surface area contributed by atoms with Crippen LogP contribution >= 0.6 is 23.4 Å². The number of nitrogens with one attached hydrogen (secondary N) is 2. The van der Waals surface area contributed by atoms with Crippen molar-refractivity contribution >= 4 is 45.2 Å². The number of thioether (sulfide) groups is 1. The Kier molecular flexibility index (Phi) is 5.39. The average molecular weight is 499 g/mol. The number of fused-ring (bicyclic) bond motifs is 2. The molecule has 0 saturated carbocycles. The molecule has 0 amide bonds. The number of H-pyrrole nitrogens is 2. The molecule has 7 nitrogen and oxygen atoms in total. The average Bonchev–Trinajstić information content (AvgIpc) is 3.46. The summed E-state index contributed by atoms with van der Waals surface area (Å²) < 4.78 is 2.04. The summed E-state index contributed by atoms with van der Waals surface area (Å²) in [7, 11) is 0. The van der Waals surface area contributed by atoms with E-state index in [-0.39, 0.29) is 5.56 Å². The second kappa shape index (κ2) is 8.72. The van der Waals surface area contributed by atoms with Crippen molar-refractivity contribution in [1.29, 1.82) is 0 Å². The normalized spacial score (nSPS) is 11.5. The van der Waals surface area contributed by atoms with Crippen LogP contribution < -0.4 is 5.56 Å². The number of halogens is 1. The van der Waals surface area contributed by atoms with Crippen LogP contribution in [-0.4, -0.2) is 29.7 Å². The molecule has 35 heavy (non-hydrogen) atoms. The first kappa shape index (κ1) is 21.6. The molecule has 3 aromatic carbocycles. The number of rotatable bonds is 5. The molecule has 2 N–H and O–H groups in total. The lowest BCUT2D eigenvalue weighted by atomic mass is 10.1. The Hall–Kier alpha value is -3.88. The van der Waals surface area contributed by atoms with Gasteiger partial charge in [0.15, 0.2) is 11.0 Å². The fraction of sp³-hybridized carbons (Fsp3) is 0.0769. The molecule has 0 fully saturated rings. The summed E-state index contributed by atoms with van der Waals surface area (Å²) in [6, 6.07) is 21.4.